The van der Waals surface area contributed by atoms with E-state index in [-0.39, 0.29) is 5.69 Å². The van der Waals surface area contributed by atoms with Gasteiger partial charge in [-0.25, -0.2) is 19.5 Å². The monoisotopic (exact) mass is 268 g/mol. The summed E-state index contributed by atoms with van der Waals surface area (Å²) in [5.41, 5.74) is 2.79. The van der Waals surface area contributed by atoms with Crippen LogP contribution in [0.3, 0.4) is 0 Å². The Morgan fingerprint density at radius 1 is 1.47 bits per heavy atom. The van der Waals surface area contributed by atoms with E-state index >= 15 is 0 Å². The fraction of sp³-hybridized carbons (Fsp3) is 0.462. The summed E-state index contributed by atoms with van der Waals surface area (Å²) >= 11 is 0. The molecule has 0 aromatic heterocycles. The lowest BCUT2D eigenvalue weighted by molar-refractivity contribution is -0.185. The van der Waals surface area contributed by atoms with Crippen LogP contribution in [0, 0.1) is 12.7 Å². The predicted molar refractivity (Wildman–Crippen MR) is 68.0 cm³/mol. The van der Waals surface area contributed by atoms with Gasteiger partial charge in [0.15, 0.2) is 6.29 Å². The number of hydrogen-bond acceptors (Lipinski definition) is 3. The molecule has 0 bridgehead atoms. The number of rotatable bonds is 3. The van der Waals surface area contributed by atoms with E-state index in [0.717, 1.165) is 19.3 Å². The van der Waals surface area contributed by atoms with Crippen LogP contribution in [0.4, 0.5) is 14.9 Å². The summed E-state index contributed by atoms with van der Waals surface area (Å²) in [5.74, 6) is -0.452. The van der Waals surface area contributed by atoms with Crippen LogP contribution in [-0.2, 0) is 9.57 Å². The standard InChI is InChI=1S/C13H17FN2O3/c1-9-5-4-6-10(12(9)14)15-13(17)16-19-11-7-2-3-8-18-11/h4-6,11H,2-3,7-8H2,1H3,(H2,15,16,17)/t11-/m1/s1. The molecule has 19 heavy (non-hydrogen) atoms. The van der Waals surface area contributed by atoms with Crippen LogP contribution >= 0.6 is 0 Å². The highest BCUT2D eigenvalue weighted by atomic mass is 19.1. The molecule has 5 nitrogen and oxygen atoms in total. The Labute approximate surface area is 111 Å². The van der Waals surface area contributed by atoms with Gasteiger partial charge in [0.1, 0.15) is 5.82 Å². The second kappa shape index (κ2) is 6.49. The first-order valence-corrected chi connectivity index (χ1v) is 6.26. The van der Waals surface area contributed by atoms with E-state index in [9.17, 15) is 9.18 Å². The van der Waals surface area contributed by atoms with Gasteiger partial charge >= 0.3 is 6.03 Å². The number of carbonyl (C=O) groups is 1. The topological polar surface area (TPSA) is 59.6 Å². The molecule has 0 spiro atoms. The van der Waals surface area contributed by atoms with Crippen LogP contribution in [0.5, 0.6) is 0 Å². The number of benzene rings is 1. The van der Waals surface area contributed by atoms with Crippen molar-refractivity contribution < 1.29 is 18.8 Å². The van der Waals surface area contributed by atoms with Crippen LogP contribution < -0.4 is 10.8 Å². The number of carbonyl (C=O) groups excluding carboxylic acids is 1. The Kier molecular flexibility index (Phi) is 4.70. The molecule has 1 atom stereocenters. The van der Waals surface area contributed by atoms with E-state index in [4.69, 9.17) is 9.57 Å². The summed E-state index contributed by atoms with van der Waals surface area (Å²) in [5, 5.41) is 2.39. The summed E-state index contributed by atoms with van der Waals surface area (Å²) in [6.07, 6.45) is 2.31. The summed E-state index contributed by atoms with van der Waals surface area (Å²) in [4.78, 5) is 16.6. The van der Waals surface area contributed by atoms with Crippen molar-refractivity contribution in [3.63, 3.8) is 0 Å². The zero-order valence-electron chi connectivity index (χ0n) is 10.7. The highest BCUT2D eigenvalue weighted by Gasteiger charge is 2.16. The van der Waals surface area contributed by atoms with E-state index < -0.39 is 18.1 Å². The number of halogens is 1. The van der Waals surface area contributed by atoms with Gasteiger partial charge in [0, 0.05) is 13.0 Å². The fourth-order valence-electron chi connectivity index (χ4n) is 1.82. The van der Waals surface area contributed by atoms with Gasteiger partial charge in [-0.3, -0.25) is 0 Å². The minimum absolute atomic E-state index is 0.116. The molecule has 2 rings (SSSR count). The molecule has 1 aliphatic rings. The quantitative estimate of drug-likeness (QED) is 0.829. The summed E-state index contributed by atoms with van der Waals surface area (Å²) in [7, 11) is 0. The van der Waals surface area contributed by atoms with E-state index in [0.29, 0.717) is 12.2 Å². The molecule has 104 valence electrons. The average Bonchev–Trinajstić information content (AvgIpc) is 2.43. The van der Waals surface area contributed by atoms with Crippen molar-refractivity contribution in [3.05, 3.63) is 29.6 Å². The Balaban J connectivity index is 1.82. The smallest absolute Gasteiger partial charge is 0.343 e. The van der Waals surface area contributed by atoms with Gasteiger partial charge in [0.2, 0.25) is 0 Å². The molecule has 2 N–H and O–H groups in total. The third kappa shape index (κ3) is 3.90. The summed E-state index contributed by atoms with van der Waals surface area (Å²) in [6, 6.07) is 4.15. The van der Waals surface area contributed by atoms with Crippen LogP contribution in [0.2, 0.25) is 0 Å². The van der Waals surface area contributed by atoms with Crippen LogP contribution in [0.1, 0.15) is 24.8 Å². The molecular formula is C13H17FN2O3. The Morgan fingerprint density at radius 2 is 2.32 bits per heavy atom. The van der Waals surface area contributed by atoms with Crippen LogP contribution in [0.25, 0.3) is 0 Å². The number of hydroxylamine groups is 1. The minimum Gasteiger partial charge on any atom is -0.350 e. The van der Waals surface area contributed by atoms with Crippen molar-refractivity contribution in [3.8, 4) is 0 Å². The molecule has 0 saturated carbocycles. The summed E-state index contributed by atoms with van der Waals surface area (Å²) in [6.45, 7) is 2.26. The molecule has 1 saturated heterocycles. The maximum atomic E-state index is 13.6. The van der Waals surface area contributed by atoms with Gasteiger partial charge in [0.05, 0.1) is 5.69 Å². The molecule has 1 aliphatic heterocycles. The van der Waals surface area contributed by atoms with Crippen molar-refractivity contribution in [2.45, 2.75) is 32.5 Å². The van der Waals surface area contributed by atoms with E-state index in [2.05, 4.69) is 10.8 Å². The predicted octanol–water partition coefficient (Wildman–Crippen LogP) is 2.71. The van der Waals surface area contributed by atoms with Gasteiger partial charge in [-0.2, -0.15) is 0 Å². The lowest BCUT2D eigenvalue weighted by Gasteiger charge is -2.22. The fourth-order valence-corrected chi connectivity index (χ4v) is 1.82. The maximum Gasteiger partial charge on any atom is 0.343 e. The highest BCUT2D eigenvalue weighted by Crippen LogP contribution is 2.17. The molecule has 1 aromatic carbocycles. The van der Waals surface area contributed by atoms with Gasteiger partial charge < -0.3 is 10.1 Å². The zero-order chi connectivity index (χ0) is 13.7. The van der Waals surface area contributed by atoms with Crippen molar-refractivity contribution in [1.29, 1.82) is 0 Å². The number of amides is 2. The lowest BCUT2D eigenvalue weighted by atomic mass is 10.2. The summed E-state index contributed by atoms with van der Waals surface area (Å²) < 4.78 is 18.9. The second-order valence-corrected chi connectivity index (χ2v) is 4.41. The lowest BCUT2D eigenvalue weighted by Crippen LogP contribution is -2.35. The number of aryl methyl sites for hydroxylation is 1. The Hall–Kier alpha value is -1.66. The third-order valence-electron chi connectivity index (χ3n) is 2.86. The Bertz CT molecular complexity index is 448. The largest absolute Gasteiger partial charge is 0.350 e. The van der Waals surface area contributed by atoms with Gasteiger partial charge in [0.25, 0.3) is 0 Å². The number of urea groups is 1. The molecule has 6 heteroatoms. The Morgan fingerprint density at radius 3 is 3.05 bits per heavy atom. The molecule has 2 amide bonds. The van der Waals surface area contributed by atoms with Gasteiger partial charge in [-0.1, -0.05) is 12.1 Å². The minimum atomic E-state index is -0.626. The van der Waals surface area contributed by atoms with Crippen molar-refractivity contribution in [2.24, 2.45) is 0 Å². The third-order valence-corrected chi connectivity index (χ3v) is 2.86. The van der Waals surface area contributed by atoms with Crippen LogP contribution in [0.15, 0.2) is 18.2 Å². The van der Waals surface area contributed by atoms with Crippen molar-refractivity contribution in [1.82, 2.24) is 5.48 Å². The van der Waals surface area contributed by atoms with E-state index in [1.165, 1.54) is 6.07 Å². The highest BCUT2D eigenvalue weighted by molar-refractivity contribution is 5.88. The van der Waals surface area contributed by atoms with Crippen LogP contribution in [-0.4, -0.2) is 18.9 Å². The first kappa shape index (κ1) is 13.8. The number of hydrogen-bond donors (Lipinski definition) is 2. The maximum absolute atomic E-state index is 13.6. The first-order valence-electron chi connectivity index (χ1n) is 6.26. The zero-order valence-corrected chi connectivity index (χ0v) is 10.7. The van der Waals surface area contributed by atoms with Crippen molar-refractivity contribution in [2.75, 3.05) is 11.9 Å². The van der Waals surface area contributed by atoms with Gasteiger partial charge in [-0.05, 0) is 31.4 Å². The molecule has 0 radical (unpaired) electrons. The molecule has 1 heterocycles. The van der Waals surface area contributed by atoms with Gasteiger partial charge in [-0.15, -0.1) is 0 Å². The van der Waals surface area contributed by atoms with Crippen molar-refractivity contribution >= 4 is 11.7 Å². The molecular weight excluding hydrogens is 251 g/mol. The molecule has 1 fully saturated rings. The molecule has 0 aliphatic carbocycles. The van der Waals surface area contributed by atoms with E-state index in [1.54, 1.807) is 19.1 Å². The first-order chi connectivity index (χ1) is 9.16. The molecule has 1 aromatic rings. The normalized spacial score (nSPS) is 18.9. The number of ether oxygens (including phenoxy) is 1. The average molecular weight is 268 g/mol. The molecule has 0 unspecified atom stereocenters. The van der Waals surface area contributed by atoms with E-state index in [1.807, 2.05) is 0 Å². The SMILES string of the molecule is Cc1cccc(NC(=O)NO[C@@H]2CCCCO2)c1F. The second-order valence-electron chi connectivity index (χ2n) is 4.41. The number of anilines is 1. The number of nitrogens with one attached hydrogen (secondary N) is 2.